The number of hydrogen-bond acceptors (Lipinski definition) is 2. The molecule has 0 aromatic heterocycles. The van der Waals surface area contributed by atoms with Crippen molar-refractivity contribution in [2.24, 2.45) is 5.41 Å². The van der Waals surface area contributed by atoms with Crippen molar-refractivity contribution in [3.63, 3.8) is 0 Å². The molecule has 2 aliphatic rings. The molecule has 1 heterocycles. The Hall–Kier alpha value is -1.06. The van der Waals surface area contributed by atoms with Crippen LogP contribution in [-0.4, -0.2) is 12.5 Å². The molecule has 2 N–H and O–H groups in total. The lowest BCUT2D eigenvalue weighted by Crippen LogP contribution is -2.26. The standard InChI is InChI=1S/C16H22N2O.ClH/c1-2-6-16(7-8-16)15(19)18-14-4-3-12-5-9-17-11-13(12)10-14;/h3-4,10,17H,2,5-9,11H2,1H3,(H,18,19);1H. The summed E-state index contributed by atoms with van der Waals surface area (Å²) in [7, 11) is 0. The average Bonchev–Trinajstić information content (AvgIpc) is 3.20. The molecule has 1 amide bonds. The molecule has 1 aromatic rings. The number of carbonyl (C=O) groups is 1. The molecule has 0 radical (unpaired) electrons. The zero-order chi connectivity index (χ0) is 13.3. The van der Waals surface area contributed by atoms with E-state index in [1.54, 1.807) is 0 Å². The highest BCUT2D eigenvalue weighted by atomic mass is 35.5. The molecule has 0 unspecified atom stereocenters. The summed E-state index contributed by atoms with van der Waals surface area (Å²) in [5, 5.41) is 6.48. The Labute approximate surface area is 126 Å². The molecule has 1 aliphatic heterocycles. The Bertz CT molecular complexity index is 497. The van der Waals surface area contributed by atoms with Gasteiger partial charge in [-0.1, -0.05) is 19.4 Å². The van der Waals surface area contributed by atoms with Gasteiger partial charge < -0.3 is 10.6 Å². The molecular formula is C16H23ClN2O. The van der Waals surface area contributed by atoms with Gasteiger partial charge >= 0.3 is 0 Å². The second-order valence-electron chi connectivity index (χ2n) is 5.89. The molecule has 1 saturated carbocycles. The minimum Gasteiger partial charge on any atom is -0.326 e. The minimum absolute atomic E-state index is 0. The van der Waals surface area contributed by atoms with Crippen LogP contribution in [0.4, 0.5) is 5.69 Å². The number of rotatable bonds is 4. The Morgan fingerprint density at radius 1 is 1.35 bits per heavy atom. The molecule has 4 heteroatoms. The fourth-order valence-electron chi connectivity index (χ4n) is 3.04. The fraction of sp³-hybridized carbons (Fsp3) is 0.562. The van der Waals surface area contributed by atoms with Crippen LogP contribution in [0.1, 0.15) is 43.7 Å². The maximum atomic E-state index is 12.3. The SMILES string of the molecule is CCCC1(C(=O)Nc2ccc3c(c2)CNCC3)CC1.Cl. The molecule has 1 aromatic carbocycles. The molecule has 3 nitrogen and oxygen atoms in total. The van der Waals surface area contributed by atoms with Crippen molar-refractivity contribution < 1.29 is 4.79 Å². The van der Waals surface area contributed by atoms with Gasteiger partial charge in [-0.05, 0) is 55.5 Å². The zero-order valence-electron chi connectivity index (χ0n) is 12.0. The van der Waals surface area contributed by atoms with E-state index in [4.69, 9.17) is 0 Å². The van der Waals surface area contributed by atoms with Crippen LogP contribution in [0.15, 0.2) is 18.2 Å². The number of halogens is 1. The first-order valence-corrected chi connectivity index (χ1v) is 7.37. The largest absolute Gasteiger partial charge is 0.326 e. The van der Waals surface area contributed by atoms with Gasteiger partial charge in [0.1, 0.15) is 0 Å². The summed E-state index contributed by atoms with van der Waals surface area (Å²) in [5.41, 5.74) is 3.63. The average molecular weight is 295 g/mol. The smallest absolute Gasteiger partial charge is 0.230 e. The van der Waals surface area contributed by atoms with Crippen molar-refractivity contribution in [1.29, 1.82) is 0 Å². The normalized spacial score (nSPS) is 18.6. The van der Waals surface area contributed by atoms with E-state index in [9.17, 15) is 4.79 Å². The van der Waals surface area contributed by atoms with Gasteiger partial charge in [0.15, 0.2) is 0 Å². The lowest BCUT2D eigenvalue weighted by molar-refractivity contribution is -0.121. The van der Waals surface area contributed by atoms with Crippen molar-refractivity contribution in [1.82, 2.24) is 5.32 Å². The third kappa shape index (κ3) is 2.99. The summed E-state index contributed by atoms with van der Waals surface area (Å²) in [6.07, 6.45) is 5.30. The van der Waals surface area contributed by atoms with Gasteiger partial charge in [0.2, 0.25) is 5.91 Å². The van der Waals surface area contributed by atoms with Gasteiger partial charge in [0.05, 0.1) is 0 Å². The minimum atomic E-state index is -0.0527. The van der Waals surface area contributed by atoms with E-state index >= 15 is 0 Å². The number of benzene rings is 1. The molecule has 0 bridgehead atoms. The Kier molecular flexibility index (Phi) is 4.71. The Morgan fingerprint density at radius 3 is 2.85 bits per heavy atom. The summed E-state index contributed by atoms with van der Waals surface area (Å²) >= 11 is 0. The van der Waals surface area contributed by atoms with Gasteiger partial charge in [-0.3, -0.25) is 4.79 Å². The number of hydrogen-bond donors (Lipinski definition) is 2. The van der Waals surface area contributed by atoms with Gasteiger partial charge in [0, 0.05) is 17.6 Å². The van der Waals surface area contributed by atoms with Crippen molar-refractivity contribution in [2.45, 2.75) is 45.6 Å². The number of anilines is 1. The maximum Gasteiger partial charge on any atom is 0.230 e. The highest BCUT2D eigenvalue weighted by Gasteiger charge is 2.48. The monoisotopic (exact) mass is 294 g/mol. The lowest BCUT2D eigenvalue weighted by Gasteiger charge is -2.19. The van der Waals surface area contributed by atoms with Crippen LogP contribution in [0.5, 0.6) is 0 Å². The second kappa shape index (κ2) is 6.15. The predicted octanol–water partition coefficient (Wildman–Crippen LogP) is 3.27. The fourth-order valence-corrected chi connectivity index (χ4v) is 3.04. The predicted molar refractivity (Wildman–Crippen MR) is 84.3 cm³/mol. The maximum absolute atomic E-state index is 12.3. The van der Waals surface area contributed by atoms with E-state index in [1.165, 1.54) is 11.1 Å². The Balaban J connectivity index is 0.00000147. The van der Waals surface area contributed by atoms with Crippen LogP contribution in [-0.2, 0) is 17.8 Å². The summed E-state index contributed by atoms with van der Waals surface area (Å²) in [6, 6.07) is 6.33. The van der Waals surface area contributed by atoms with Crippen LogP contribution in [0.3, 0.4) is 0 Å². The van der Waals surface area contributed by atoms with E-state index in [1.807, 2.05) is 6.07 Å². The summed E-state index contributed by atoms with van der Waals surface area (Å²) in [4.78, 5) is 12.3. The van der Waals surface area contributed by atoms with Crippen molar-refractivity contribution in [3.05, 3.63) is 29.3 Å². The van der Waals surface area contributed by atoms with E-state index in [0.717, 1.165) is 50.9 Å². The third-order valence-corrected chi connectivity index (χ3v) is 4.41. The van der Waals surface area contributed by atoms with Crippen molar-refractivity contribution >= 4 is 24.0 Å². The molecule has 0 saturated heterocycles. The van der Waals surface area contributed by atoms with E-state index in [-0.39, 0.29) is 23.7 Å². The number of carbonyl (C=O) groups excluding carboxylic acids is 1. The van der Waals surface area contributed by atoms with E-state index in [0.29, 0.717) is 0 Å². The van der Waals surface area contributed by atoms with Gasteiger partial charge in [-0.15, -0.1) is 12.4 Å². The van der Waals surface area contributed by atoms with Crippen molar-refractivity contribution in [3.8, 4) is 0 Å². The van der Waals surface area contributed by atoms with Gasteiger partial charge in [0.25, 0.3) is 0 Å². The van der Waals surface area contributed by atoms with Crippen LogP contribution >= 0.6 is 12.4 Å². The number of fused-ring (bicyclic) bond motifs is 1. The third-order valence-electron chi connectivity index (χ3n) is 4.41. The molecule has 110 valence electrons. The van der Waals surface area contributed by atoms with Crippen LogP contribution in [0.2, 0.25) is 0 Å². The summed E-state index contributed by atoms with van der Waals surface area (Å²) in [6.45, 7) is 4.12. The van der Waals surface area contributed by atoms with E-state index in [2.05, 4.69) is 29.7 Å². The zero-order valence-corrected chi connectivity index (χ0v) is 12.8. The summed E-state index contributed by atoms with van der Waals surface area (Å²) in [5.74, 6) is 0.220. The molecule has 0 atom stereocenters. The van der Waals surface area contributed by atoms with Gasteiger partial charge in [-0.2, -0.15) is 0 Å². The van der Waals surface area contributed by atoms with Crippen LogP contribution in [0, 0.1) is 5.41 Å². The molecule has 20 heavy (non-hydrogen) atoms. The molecule has 1 fully saturated rings. The van der Waals surface area contributed by atoms with Gasteiger partial charge in [-0.25, -0.2) is 0 Å². The molecule has 1 aliphatic carbocycles. The highest BCUT2D eigenvalue weighted by molar-refractivity contribution is 5.97. The Morgan fingerprint density at radius 2 is 2.15 bits per heavy atom. The first kappa shape index (κ1) is 15.3. The molecule has 3 rings (SSSR count). The second-order valence-corrected chi connectivity index (χ2v) is 5.89. The quantitative estimate of drug-likeness (QED) is 0.895. The topological polar surface area (TPSA) is 41.1 Å². The first-order valence-electron chi connectivity index (χ1n) is 7.37. The van der Waals surface area contributed by atoms with Crippen LogP contribution in [0.25, 0.3) is 0 Å². The summed E-state index contributed by atoms with van der Waals surface area (Å²) < 4.78 is 0. The molecule has 0 spiro atoms. The van der Waals surface area contributed by atoms with E-state index < -0.39 is 0 Å². The highest BCUT2D eigenvalue weighted by Crippen LogP contribution is 2.50. The van der Waals surface area contributed by atoms with Crippen molar-refractivity contribution in [2.75, 3.05) is 11.9 Å². The lowest BCUT2D eigenvalue weighted by atomic mass is 9.98. The number of amides is 1. The van der Waals surface area contributed by atoms with Crippen LogP contribution < -0.4 is 10.6 Å². The number of nitrogens with one attached hydrogen (secondary N) is 2. The molecular weight excluding hydrogens is 272 g/mol. The first-order chi connectivity index (χ1) is 9.23.